The molecule has 1 heterocycles. The van der Waals surface area contributed by atoms with Gasteiger partial charge in [-0.1, -0.05) is 48.8 Å². The highest BCUT2D eigenvalue weighted by atomic mass is 32.2. The molecule has 0 aliphatic carbocycles. The lowest BCUT2D eigenvalue weighted by Gasteiger charge is -2.38. The molecule has 1 saturated heterocycles. The van der Waals surface area contributed by atoms with Crippen LogP contribution >= 0.6 is 0 Å². The molecule has 2 aromatic rings. The van der Waals surface area contributed by atoms with Gasteiger partial charge in [-0.05, 0) is 68.5 Å². The van der Waals surface area contributed by atoms with Crippen molar-refractivity contribution in [1.82, 2.24) is 19.8 Å². The van der Waals surface area contributed by atoms with Gasteiger partial charge in [-0.3, -0.25) is 9.59 Å². The van der Waals surface area contributed by atoms with Crippen LogP contribution in [0.5, 0.6) is 0 Å². The average Bonchev–Trinajstić information content (AvgIpc) is 3.00. The molecule has 0 radical (unpaired) electrons. The minimum absolute atomic E-state index is 0.0812. The van der Waals surface area contributed by atoms with Crippen molar-refractivity contribution in [2.45, 2.75) is 76.3 Å². The second kappa shape index (κ2) is 16.4. The number of nitrogens with zero attached hydrogens (tertiary/aromatic N) is 5. The third kappa shape index (κ3) is 10.9. The van der Waals surface area contributed by atoms with Gasteiger partial charge in [0, 0.05) is 56.5 Å². The largest absolute Gasteiger partial charge is 0.444 e. The molecule has 1 fully saturated rings. The topological polar surface area (TPSA) is 174 Å². The molecule has 246 valence electrons. The Balaban J connectivity index is 1.74. The Bertz CT molecular complexity index is 1490. The lowest BCUT2D eigenvalue weighted by molar-refractivity contribution is -0.138. The number of benzene rings is 2. The number of piperidine rings is 1. The smallest absolute Gasteiger partial charge is 0.410 e. The zero-order chi connectivity index (χ0) is 33.0. The average molecular weight is 644 g/mol. The van der Waals surface area contributed by atoms with Crippen LogP contribution < -0.4 is 10.0 Å². The van der Waals surface area contributed by atoms with Crippen molar-refractivity contribution in [3.8, 4) is 0 Å². The molecule has 0 spiro atoms. The van der Waals surface area contributed by atoms with Crippen LogP contribution in [-0.2, 0) is 24.3 Å². The molecule has 0 unspecified atom stereocenters. The van der Waals surface area contributed by atoms with Gasteiger partial charge in [0.25, 0.3) is 0 Å². The number of unbranched alkanes of at least 4 members (excludes halogenated alkanes) is 1. The van der Waals surface area contributed by atoms with E-state index >= 15 is 0 Å². The van der Waals surface area contributed by atoms with E-state index in [1.165, 1.54) is 6.07 Å². The van der Waals surface area contributed by atoms with Crippen LogP contribution in [0.2, 0.25) is 0 Å². The number of carbonyl (C=O) groups excluding carboxylic acids is 3. The lowest BCUT2D eigenvalue weighted by atomic mass is 9.89. The van der Waals surface area contributed by atoms with Crippen LogP contribution in [0.25, 0.3) is 21.2 Å². The highest BCUT2D eigenvalue weighted by Crippen LogP contribution is 2.24. The summed E-state index contributed by atoms with van der Waals surface area (Å²) in [5.74, 6) is -1.24. The second-order valence-electron chi connectivity index (χ2n) is 12.2. The summed E-state index contributed by atoms with van der Waals surface area (Å²) in [5, 5.41) is 8.11. The third-order valence-corrected chi connectivity index (χ3v) is 8.92. The molecule has 14 heteroatoms. The van der Waals surface area contributed by atoms with Crippen molar-refractivity contribution in [3.05, 3.63) is 52.9 Å². The van der Waals surface area contributed by atoms with E-state index in [0.29, 0.717) is 32.4 Å². The number of rotatable bonds is 14. The van der Waals surface area contributed by atoms with Gasteiger partial charge < -0.3 is 19.9 Å². The van der Waals surface area contributed by atoms with E-state index < -0.39 is 39.6 Å². The fraction of sp³-hybridized carbons (Fsp3) is 0.581. The van der Waals surface area contributed by atoms with Crippen LogP contribution in [0.3, 0.4) is 0 Å². The molecule has 0 saturated carbocycles. The minimum Gasteiger partial charge on any atom is -0.444 e. The van der Waals surface area contributed by atoms with E-state index in [1.807, 2.05) is 31.2 Å². The van der Waals surface area contributed by atoms with Crippen LogP contribution in [0.1, 0.15) is 59.8 Å². The first kappa shape index (κ1) is 35.6. The second-order valence-corrected chi connectivity index (χ2v) is 13.9. The summed E-state index contributed by atoms with van der Waals surface area (Å²) >= 11 is 0. The summed E-state index contributed by atoms with van der Waals surface area (Å²) in [4.78, 5) is 46.0. The molecular weight excluding hydrogens is 598 g/mol. The molecular formula is C31H45N7O6S. The maximum Gasteiger partial charge on any atom is 0.410 e. The summed E-state index contributed by atoms with van der Waals surface area (Å²) in [5.41, 5.74) is 8.06. The Morgan fingerprint density at radius 3 is 2.58 bits per heavy atom. The zero-order valence-corrected chi connectivity index (χ0v) is 27.4. The van der Waals surface area contributed by atoms with Crippen LogP contribution in [0, 0.1) is 5.92 Å². The Labute approximate surface area is 265 Å². The molecule has 1 aliphatic rings. The highest BCUT2D eigenvalue weighted by molar-refractivity contribution is 7.89. The maximum absolute atomic E-state index is 13.9. The van der Waals surface area contributed by atoms with Crippen LogP contribution in [-0.4, -0.2) is 87.0 Å². The Morgan fingerprint density at radius 2 is 1.89 bits per heavy atom. The number of carbonyl (C=O) groups is 3. The van der Waals surface area contributed by atoms with E-state index in [2.05, 4.69) is 20.1 Å². The summed E-state index contributed by atoms with van der Waals surface area (Å²) < 4.78 is 34.0. The van der Waals surface area contributed by atoms with Gasteiger partial charge in [-0.2, -0.15) is 0 Å². The minimum atomic E-state index is -3.88. The van der Waals surface area contributed by atoms with E-state index in [-0.39, 0.29) is 43.4 Å². The van der Waals surface area contributed by atoms with Gasteiger partial charge in [0.2, 0.25) is 21.8 Å². The molecule has 13 nitrogen and oxygen atoms in total. The predicted molar refractivity (Wildman–Crippen MR) is 172 cm³/mol. The first-order chi connectivity index (χ1) is 21.3. The monoisotopic (exact) mass is 643 g/mol. The SMILES string of the molecule is CCCCN(CCN=[N+]=[N-])C(=O)[C@@H](NC(=O)CCNS(=O)(=O)c1ccc2ccccc2c1)[C@H]1CCCN(C(=O)OC(C)(C)C)C1. The van der Waals surface area contributed by atoms with Gasteiger partial charge in [-0.15, -0.1) is 0 Å². The number of hydrogen-bond acceptors (Lipinski definition) is 7. The fourth-order valence-electron chi connectivity index (χ4n) is 5.21. The molecule has 1 aliphatic heterocycles. The Hall–Kier alpha value is -3.87. The molecule has 3 rings (SSSR count). The lowest BCUT2D eigenvalue weighted by Crippen LogP contribution is -2.57. The number of fused-ring (bicyclic) bond motifs is 1. The molecule has 0 aromatic heterocycles. The molecule has 0 bridgehead atoms. The van der Waals surface area contributed by atoms with Crippen molar-refractivity contribution in [3.63, 3.8) is 0 Å². The number of sulfonamides is 1. The van der Waals surface area contributed by atoms with Crippen LogP contribution in [0.15, 0.2) is 52.5 Å². The van der Waals surface area contributed by atoms with E-state index in [0.717, 1.165) is 17.2 Å². The Morgan fingerprint density at radius 1 is 1.16 bits per heavy atom. The number of hydrogen-bond donors (Lipinski definition) is 2. The zero-order valence-electron chi connectivity index (χ0n) is 26.6. The van der Waals surface area contributed by atoms with E-state index in [9.17, 15) is 22.8 Å². The number of amides is 3. The molecule has 3 amide bonds. The quantitative estimate of drug-likeness (QED) is 0.173. The van der Waals surface area contributed by atoms with Gasteiger partial charge in [0.1, 0.15) is 11.6 Å². The number of ether oxygens (including phenoxy) is 1. The first-order valence-electron chi connectivity index (χ1n) is 15.4. The van der Waals surface area contributed by atoms with Crippen molar-refractivity contribution in [2.75, 3.05) is 39.3 Å². The van der Waals surface area contributed by atoms with Crippen LogP contribution in [0.4, 0.5) is 4.79 Å². The summed E-state index contributed by atoms with van der Waals surface area (Å²) in [6, 6.07) is 11.3. The molecule has 2 aromatic carbocycles. The highest BCUT2D eigenvalue weighted by Gasteiger charge is 2.37. The van der Waals surface area contributed by atoms with Gasteiger partial charge in [0.15, 0.2) is 0 Å². The predicted octanol–water partition coefficient (Wildman–Crippen LogP) is 4.58. The summed E-state index contributed by atoms with van der Waals surface area (Å²) in [6.07, 6.45) is 2.06. The van der Waals surface area contributed by atoms with Gasteiger partial charge >= 0.3 is 6.09 Å². The van der Waals surface area contributed by atoms with Gasteiger partial charge in [-0.25, -0.2) is 17.9 Å². The number of nitrogens with one attached hydrogen (secondary N) is 2. The summed E-state index contributed by atoms with van der Waals surface area (Å²) in [6.45, 7) is 8.51. The van der Waals surface area contributed by atoms with Gasteiger partial charge in [0.05, 0.1) is 4.90 Å². The first-order valence-corrected chi connectivity index (χ1v) is 16.9. The van der Waals surface area contributed by atoms with Crippen molar-refractivity contribution in [2.24, 2.45) is 11.0 Å². The Kier molecular flexibility index (Phi) is 13.0. The number of azide groups is 1. The maximum atomic E-state index is 13.9. The van der Waals surface area contributed by atoms with E-state index in [1.54, 1.807) is 42.7 Å². The number of likely N-dealkylation sites (tertiary alicyclic amines) is 1. The molecule has 2 N–H and O–H groups in total. The summed E-state index contributed by atoms with van der Waals surface area (Å²) in [7, 11) is -3.88. The fourth-order valence-corrected chi connectivity index (χ4v) is 6.27. The van der Waals surface area contributed by atoms with E-state index in [4.69, 9.17) is 10.3 Å². The van der Waals surface area contributed by atoms with Crippen molar-refractivity contribution >= 4 is 38.7 Å². The van der Waals surface area contributed by atoms with Crippen molar-refractivity contribution < 1.29 is 27.5 Å². The molecule has 2 atom stereocenters. The standard InChI is InChI=1S/C31H45N7O6S/c1-5-6-18-37(20-17-33-36-32)29(40)28(25-12-9-19-38(22-25)30(41)44-31(2,3)4)35-27(39)15-16-34-45(42,43)26-14-13-23-10-7-8-11-24(23)21-26/h7-8,10-11,13-14,21,25,28,34H,5-6,9,12,15-20,22H2,1-4H3,(H,35,39)/t25-,28-/m0/s1. The third-order valence-electron chi connectivity index (χ3n) is 7.47. The molecule has 45 heavy (non-hydrogen) atoms. The van der Waals surface area contributed by atoms with Crippen molar-refractivity contribution in [1.29, 1.82) is 0 Å². The normalized spacial score (nSPS) is 16.0.